The van der Waals surface area contributed by atoms with E-state index in [1.54, 1.807) is 23.7 Å². The van der Waals surface area contributed by atoms with Crippen molar-refractivity contribution in [3.05, 3.63) is 0 Å². The molecular weight excluding hydrogens is 524 g/mol. The van der Waals surface area contributed by atoms with Crippen LogP contribution in [0.3, 0.4) is 0 Å². The van der Waals surface area contributed by atoms with E-state index >= 15 is 0 Å². The minimum Gasteiger partial charge on any atom is -0.396 e. The molecule has 0 aromatic heterocycles. The highest BCUT2D eigenvalue weighted by molar-refractivity contribution is 9.09. The van der Waals surface area contributed by atoms with Crippen molar-refractivity contribution in [1.29, 1.82) is 0 Å². The molecule has 9 nitrogen and oxygen atoms in total. The molecule has 4 fully saturated rings. The lowest BCUT2D eigenvalue weighted by atomic mass is 9.70. The fraction of sp³-hybridized carbons (Fsp3) is 0.870. The van der Waals surface area contributed by atoms with Crippen LogP contribution in [0.25, 0.3) is 0 Å². The van der Waals surface area contributed by atoms with Gasteiger partial charge in [0.25, 0.3) is 0 Å². The number of rotatable bonds is 11. The van der Waals surface area contributed by atoms with E-state index in [0.29, 0.717) is 32.7 Å². The van der Waals surface area contributed by atoms with Crippen LogP contribution in [0.2, 0.25) is 0 Å². The highest BCUT2D eigenvalue weighted by atomic mass is 79.9. The number of aliphatic hydroxyl groups excluding tert-OH is 1. The van der Waals surface area contributed by atoms with Gasteiger partial charge in [0, 0.05) is 56.5 Å². The molecule has 2 bridgehead atoms. The van der Waals surface area contributed by atoms with Crippen LogP contribution in [0.1, 0.15) is 32.1 Å². The van der Waals surface area contributed by atoms with Crippen LogP contribution in [0.5, 0.6) is 0 Å². The Morgan fingerprint density at radius 2 is 1.91 bits per heavy atom. The van der Waals surface area contributed by atoms with Gasteiger partial charge in [-0.3, -0.25) is 19.3 Å². The molecule has 4 aliphatic heterocycles. The van der Waals surface area contributed by atoms with Crippen LogP contribution in [-0.4, -0.2) is 113 Å². The summed E-state index contributed by atoms with van der Waals surface area (Å²) in [5.74, 6) is -1.17. The van der Waals surface area contributed by atoms with Crippen LogP contribution in [0, 0.1) is 11.8 Å². The topological polar surface area (TPSA) is 111 Å². The van der Waals surface area contributed by atoms with Crippen molar-refractivity contribution >= 4 is 45.4 Å². The smallest absolute Gasteiger partial charge is 0.244 e. The number of unbranched alkanes of at least 4 members (excludes halogenated alkanes) is 3. The Morgan fingerprint density at radius 3 is 2.62 bits per heavy atom. The summed E-state index contributed by atoms with van der Waals surface area (Å²) in [5, 5.41) is 14.9. The van der Waals surface area contributed by atoms with E-state index in [0.717, 1.165) is 45.3 Å². The van der Waals surface area contributed by atoms with Crippen LogP contribution in [-0.2, 0) is 19.1 Å². The fourth-order valence-electron chi connectivity index (χ4n) is 6.14. The molecule has 3 amide bonds. The Morgan fingerprint density at radius 1 is 1.18 bits per heavy atom. The summed E-state index contributed by atoms with van der Waals surface area (Å²) in [4.78, 5) is 44.4. The van der Waals surface area contributed by atoms with Gasteiger partial charge in [0.2, 0.25) is 17.7 Å². The third-order valence-electron chi connectivity index (χ3n) is 7.72. The van der Waals surface area contributed by atoms with Crippen LogP contribution in [0.4, 0.5) is 0 Å². The molecule has 0 aliphatic carbocycles. The van der Waals surface area contributed by atoms with Gasteiger partial charge in [0.1, 0.15) is 6.04 Å². The van der Waals surface area contributed by atoms with Crippen molar-refractivity contribution in [2.45, 2.75) is 53.0 Å². The normalized spacial score (nSPS) is 35.0. The van der Waals surface area contributed by atoms with Gasteiger partial charge < -0.3 is 25.4 Å². The number of hydrogen-bond acceptors (Lipinski definition) is 7. The lowest BCUT2D eigenvalue weighted by molar-refractivity contribution is -0.139. The average molecular weight is 562 g/mol. The first kappa shape index (κ1) is 26.2. The van der Waals surface area contributed by atoms with Gasteiger partial charge in [-0.1, -0.05) is 28.8 Å². The molecule has 4 heterocycles. The molecule has 11 heteroatoms. The van der Waals surface area contributed by atoms with Gasteiger partial charge in [0.05, 0.1) is 29.8 Å². The standard InChI is InChI=1S/C23H37BrN4O5S/c1-25-20(30)16-17-22(32)28(7-4-2-3-5-11-29)19(23(17)14-15(24)18(16)34-23)21(31)26-6-8-27-9-12-33-13-10-27/h15-19,29H,2-14H2,1H3,(H,25,30)(H,26,31)/t15?,16-,17-,18-,19?,23?/m0/s1. The number of nitrogens with one attached hydrogen (secondary N) is 2. The number of halogens is 1. The monoisotopic (exact) mass is 560 g/mol. The molecule has 4 aliphatic rings. The van der Waals surface area contributed by atoms with Crippen LogP contribution >= 0.6 is 27.7 Å². The van der Waals surface area contributed by atoms with E-state index in [2.05, 4.69) is 31.5 Å². The Hall–Kier alpha value is -0.880. The lowest BCUT2D eigenvalue weighted by Gasteiger charge is -2.35. The summed E-state index contributed by atoms with van der Waals surface area (Å²) < 4.78 is 4.82. The zero-order valence-electron chi connectivity index (χ0n) is 19.8. The van der Waals surface area contributed by atoms with Crippen molar-refractivity contribution < 1.29 is 24.2 Å². The molecule has 0 radical (unpaired) electrons. The SMILES string of the molecule is CNC(=O)[C@H]1[C@H]2C(=O)N(CCCCCCO)C(C(=O)NCCN3CCOCC3)C23CC(Br)[C@@H]1S3. The lowest BCUT2D eigenvalue weighted by Crippen LogP contribution is -2.55. The maximum absolute atomic E-state index is 13.7. The molecule has 4 rings (SSSR count). The zero-order chi connectivity index (χ0) is 24.3. The minimum absolute atomic E-state index is 0.00995. The molecule has 0 saturated carbocycles. The maximum atomic E-state index is 13.7. The highest BCUT2D eigenvalue weighted by Crippen LogP contribution is 2.67. The number of amides is 3. The molecule has 3 unspecified atom stereocenters. The van der Waals surface area contributed by atoms with Crippen LogP contribution in [0.15, 0.2) is 0 Å². The van der Waals surface area contributed by atoms with E-state index in [1.807, 2.05) is 0 Å². The Kier molecular flexibility index (Phi) is 8.82. The summed E-state index contributed by atoms with van der Waals surface area (Å²) in [6, 6.07) is -0.572. The quantitative estimate of drug-likeness (QED) is 0.244. The second-order valence-electron chi connectivity index (χ2n) is 9.69. The fourth-order valence-corrected chi connectivity index (χ4v) is 9.76. The van der Waals surface area contributed by atoms with Crippen molar-refractivity contribution in [3.8, 4) is 0 Å². The number of hydrogen-bond donors (Lipinski definition) is 3. The molecule has 0 aromatic rings. The van der Waals surface area contributed by atoms with E-state index in [4.69, 9.17) is 9.84 Å². The molecule has 192 valence electrons. The molecule has 6 atom stereocenters. The third kappa shape index (κ3) is 4.87. The van der Waals surface area contributed by atoms with Gasteiger partial charge >= 0.3 is 0 Å². The number of carbonyl (C=O) groups excluding carboxylic acids is 3. The van der Waals surface area contributed by atoms with E-state index in [1.165, 1.54) is 0 Å². The number of thioether (sulfide) groups is 1. The number of ether oxygens (including phenoxy) is 1. The number of carbonyl (C=O) groups is 3. The number of fused-ring (bicyclic) bond motifs is 1. The first-order valence-electron chi connectivity index (χ1n) is 12.5. The van der Waals surface area contributed by atoms with Gasteiger partial charge in [-0.25, -0.2) is 0 Å². The van der Waals surface area contributed by atoms with Crippen molar-refractivity contribution in [2.24, 2.45) is 11.8 Å². The Balaban J connectivity index is 1.50. The summed E-state index contributed by atoms with van der Waals surface area (Å²) in [5.41, 5.74) is 0. The maximum Gasteiger partial charge on any atom is 0.244 e. The van der Waals surface area contributed by atoms with Gasteiger partial charge in [0.15, 0.2) is 0 Å². The number of morpholine rings is 1. The summed E-state index contributed by atoms with van der Waals surface area (Å²) >= 11 is 5.43. The molecule has 0 aromatic carbocycles. The first-order valence-corrected chi connectivity index (χ1v) is 14.3. The second-order valence-corrected chi connectivity index (χ2v) is 12.4. The summed E-state index contributed by atoms with van der Waals surface area (Å²) in [7, 11) is 1.61. The first-order chi connectivity index (χ1) is 16.4. The molecular formula is C23H37BrN4O5S. The minimum atomic E-state index is -0.582. The average Bonchev–Trinajstić information content (AvgIpc) is 3.42. The van der Waals surface area contributed by atoms with Gasteiger partial charge in [-0.05, 0) is 19.3 Å². The molecule has 34 heavy (non-hydrogen) atoms. The predicted molar refractivity (Wildman–Crippen MR) is 134 cm³/mol. The number of aliphatic hydroxyl groups is 1. The van der Waals surface area contributed by atoms with E-state index in [-0.39, 0.29) is 34.4 Å². The predicted octanol–water partition coefficient (Wildman–Crippen LogP) is 0.198. The summed E-state index contributed by atoms with van der Waals surface area (Å²) in [6.45, 7) is 5.10. The zero-order valence-corrected chi connectivity index (χ0v) is 22.2. The Bertz CT molecular complexity index is 770. The van der Waals surface area contributed by atoms with Gasteiger partial charge in [-0.2, -0.15) is 0 Å². The van der Waals surface area contributed by atoms with E-state index < -0.39 is 22.6 Å². The van der Waals surface area contributed by atoms with Crippen molar-refractivity contribution in [1.82, 2.24) is 20.4 Å². The largest absolute Gasteiger partial charge is 0.396 e. The molecule has 3 N–H and O–H groups in total. The third-order valence-corrected chi connectivity index (χ3v) is 10.9. The molecule has 1 spiro atoms. The van der Waals surface area contributed by atoms with Crippen molar-refractivity contribution in [3.63, 3.8) is 0 Å². The number of alkyl halides is 1. The van der Waals surface area contributed by atoms with Crippen molar-refractivity contribution in [2.75, 3.05) is 59.6 Å². The second kappa shape index (κ2) is 11.5. The molecule has 4 saturated heterocycles. The summed E-state index contributed by atoms with van der Waals surface area (Å²) in [6.07, 6.45) is 4.01. The van der Waals surface area contributed by atoms with Crippen LogP contribution < -0.4 is 10.6 Å². The highest BCUT2D eigenvalue weighted by Gasteiger charge is 2.75. The number of likely N-dealkylation sites (tertiary alicyclic amines) is 1. The van der Waals surface area contributed by atoms with E-state index in [9.17, 15) is 14.4 Å². The Labute approximate surface area is 214 Å². The van der Waals surface area contributed by atoms with Gasteiger partial charge in [-0.15, -0.1) is 11.8 Å². The number of nitrogens with zero attached hydrogens (tertiary/aromatic N) is 2.